The Balaban J connectivity index is 1.96. The van der Waals surface area contributed by atoms with Gasteiger partial charge in [-0.2, -0.15) is 0 Å². The van der Waals surface area contributed by atoms with Gasteiger partial charge in [0.2, 0.25) is 0 Å². The number of nitrogens with zero attached hydrogens (tertiary/aromatic N) is 1. The molecule has 1 fully saturated rings. The fraction of sp³-hybridized carbons (Fsp3) is 0.389. The van der Waals surface area contributed by atoms with Gasteiger partial charge in [0.25, 0.3) is 0 Å². The SMILES string of the molecule is Cc1cccc(C(c2ccc(Cl)s2)N2CCCC(C(=O)O)C2)c1. The number of likely N-dealkylation sites (tertiary alicyclic amines) is 1. The van der Waals surface area contributed by atoms with Gasteiger partial charge < -0.3 is 5.11 Å². The lowest BCUT2D eigenvalue weighted by Crippen LogP contribution is -2.41. The van der Waals surface area contributed by atoms with Crippen LogP contribution < -0.4 is 0 Å². The Morgan fingerprint density at radius 3 is 2.87 bits per heavy atom. The monoisotopic (exact) mass is 349 g/mol. The number of carbonyl (C=O) groups is 1. The van der Waals surface area contributed by atoms with Crippen LogP contribution in [0.25, 0.3) is 0 Å². The first-order chi connectivity index (χ1) is 11.0. The van der Waals surface area contributed by atoms with Crippen molar-refractivity contribution in [2.45, 2.75) is 25.8 Å². The number of carboxylic acids is 1. The van der Waals surface area contributed by atoms with E-state index >= 15 is 0 Å². The molecule has 1 N–H and O–H groups in total. The van der Waals surface area contributed by atoms with Crippen molar-refractivity contribution < 1.29 is 9.90 Å². The molecule has 2 unspecified atom stereocenters. The molecule has 0 saturated carbocycles. The predicted octanol–water partition coefficient (Wildman–Crippen LogP) is 4.60. The average molecular weight is 350 g/mol. The van der Waals surface area contributed by atoms with E-state index < -0.39 is 5.97 Å². The highest BCUT2D eigenvalue weighted by molar-refractivity contribution is 7.16. The van der Waals surface area contributed by atoms with E-state index in [9.17, 15) is 9.90 Å². The molecule has 0 spiro atoms. The number of piperidine rings is 1. The van der Waals surface area contributed by atoms with Crippen molar-refractivity contribution in [2.24, 2.45) is 5.92 Å². The molecule has 122 valence electrons. The summed E-state index contributed by atoms with van der Waals surface area (Å²) in [5, 5.41) is 9.38. The minimum absolute atomic E-state index is 0.0783. The first-order valence-corrected chi connectivity index (χ1v) is 9.02. The zero-order valence-corrected chi connectivity index (χ0v) is 14.6. The summed E-state index contributed by atoms with van der Waals surface area (Å²) in [6.45, 7) is 3.58. The number of aliphatic carboxylic acids is 1. The predicted molar refractivity (Wildman–Crippen MR) is 94.3 cm³/mol. The standard InChI is InChI=1S/C18H20ClNO2S/c1-12-4-2-5-13(10-12)17(15-7-8-16(19)23-15)20-9-3-6-14(11-20)18(21)22/h2,4-5,7-8,10,14,17H,3,6,9,11H2,1H3,(H,21,22). The molecule has 2 heterocycles. The van der Waals surface area contributed by atoms with Gasteiger partial charge in [0.15, 0.2) is 0 Å². The van der Waals surface area contributed by atoms with Crippen molar-refractivity contribution in [1.82, 2.24) is 4.90 Å². The Morgan fingerprint density at radius 2 is 2.22 bits per heavy atom. The average Bonchev–Trinajstić information content (AvgIpc) is 2.94. The molecule has 0 radical (unpaired) electrons. The van der Waals surface area contributed by atoms with E-state index in [1.807, 2.05) is 6.07 Å². The second-order valence-corrected chi connectivity index (χ2v) is 7.88. The number of halogens is 1. The fourth-order valence-electron chi connectivity index (χ4n) is 3.31. The number of aryl methyl sites for hydroxylation is 1. The summed E-state index contributed by atoms with van der Waals surface area (Å²) < 4.78 is 0.768. The summed E-state index contributed by atoms with van der Waals surface area (Å²) in [5.74, 6) is -0.978. The molecule has 2 atom stereocenters. The topological polar surface area (TPSA) is 40.5 Å². The molecule has 0 amide bonds. The van der Waals surface area contributed by atoms with Crippen LogP contribution >= 0.6 is 22.9 Å². The Kier molecular flexibility index (Phi) is 5.05. The van der Waals surface area contributed by atoms with Gasteiger partial charge in [-0.1, -0.05) is 41.4 Å². The normalized spacial score (nSPS) is 20.3. The molecule has 1 aromatic heterocycles. The molecule has 1 aromatic carbocycles. The molecule has 1 aliphatic heterocycles. The number of benzene rings is 1. The summed E-state index contributed by atoms with van der Waals surface area (Å²) in [4.78, 5) is 14.9. The number of rotatable bonds is 4. The van der Waals surface area contributed by atoms with Crippen LogP contribution in [-0.2, 0) is 4.79 Å². The van der Waals surface area contributed by atoms with Crippen LogP contribution in [0.2, 0.25) is 4.34 Å². The Morgan fingerprint density at radius 1 is 1.39 bits per heavy atom. The number of thiophene rings is 1. The first-order valence-electron chi connectivity index (χ1n) is 7.83. The molecular formula is C18H20ClNO2S. The third kappa shape index (κ3) is 3.77. The maximum atomic E-state index is 11.4. The molecular weight excluding hydrogens is 330 g/mol. The van der Waals surface area contributed by atoms with E-state index in [1.165, 1.54) is 16.0 Å². The molecule has 3 rings (SSSR count). The highest BCUT2D eigenvalue weighted by atomic mass is 35.5. The minimum atomic E-state index is -0.693. The van der Waals surface area contributed by atoms with Crippen LogP contribution in [0, 0.1) is 12.8 Å². The summed E-state index contributed by atoms with van der Waals surface area (Å²) in [7, 11) is 0. The van der Waals surface area contributed by atoms with E-state index in [-0.39, 0.29) is 12.0 Å². The second kappa shape index (κ2) is 7.04. The Hall–Kier alpha value is -1.36. The van der Waals surface area contributed by atoms with Gasteiger partial charge in [0, 0.05) is 11.4 Å². The minimum Gasteiger partial charge on any atom is -0.481 e. The number of hydrogen-bond acceptors (Lipinski definition) is 3. The van der Waals surface area contributed by atoms with Crippen molar-refractivity contribution in [3.05, 3.63) is 56.7 Å². The number of hydrogen-bond donors (Lipinski definition) is 1. The molecule has 1 aliphatic rings. The molecule has 0 bridgehead atoms. The lowest BCUT2D eigenvalue weighted by molar-refractivity contribution is -0.143. The summed E-state index contributed by atoms with van der Waals surface area (Å²) >= 11 is 7.72. The number of carboxylic acid groups (broad SMARTS) is 1. The quantitative estimate of drug-likeness (QED) is 0.877. The molecule has 23 heavy (non-hydrogen) atoms. The highest BCUT2D eigenvalue weighted by Gasteiger charge is 2.31. The van der Waals surface area contributed by atoms with E-state index in [0.29, 0.717) is 6.54 Å². The van der Waals surface area contributed by atoms with Crippen molar-refractivity contribution >= 4 is 28.9 Å². The van der Waals surface area contributed by atoms with Gasteiger partial charge >= 0.3 is 5.97 Å². The van der Waals surface area contributed by atoms with Crippen LogP contribution in [0.3, 0.4) is 0 Å². The first kappa shape index (κ1) is 16.5. The van der Waals surface area contributed by atoms with Crippen LogP contribution in [0.15, 0.2) is 36.4 Å². The zero-order valence-electron chi connectivity index (χ0n) is 13.0. The van der Waals surface area contributed by atoms with E-state index in [0.717, 1.165) is 23.7 Å². The molecule has 5 heteroatoms. The van der Waals surface area contributed by atoms with Crippen LogP contribution in [0.4, 0.5) is 0 Å². The summed E-state index contributed by atoms with van der Waals surface area (Å²) in [5.41, 5.74) is 2.41. The van der Waals surface area contributed by atoms with Crippen molar-refractivity contribution in [3.8, 4) is 0 Å². The Bertz CT molecular complexity index is 700. The van der Waals surface area contributed by atoms with E-state index in [2.05, 4.69) is 42.2 Å². The maximum absolute atomic E-state index is 11.4. The van der Waals surface area contributed by atoms with Crippen molar-refractivity contribution in [3.63, 3.8) is 0 Å². The van der Waals surface area contributed by atoms with Gasteiger partial charge in [0.1, 0.15) is 0 Å². The van der Waals surface area contributed by atoms with Gasteiger partial charge in [0.05, 0.1) is 16.3 Å². The molecule has 2 aromatic rings. The van der Waals surface area contributed by atoms with E-state index in [1.54, 1.807) is 11.3 Å². The lowest BCUT2D eigenvalue weighted by atomic mass is 9.94. The largest absolute Gasteiger partial charge is 0.481 e. The second-order valence-electron chi connectivity index (χ2n) is 6.13. The van der Waals surface area contributed by atoms with Crippen LogP contribution in [0.5, 0.6) is 0 Å². The third-order valence-electron chi connectivity index (χ3n) is 4.39. The summed E-state index contributed by atoms with van der Waals surface area (Å²) in [6.07, 6.45) is 1.68. The van der Waals surface area contributed by atoms with Gasteiger partial charge in [-0.05, 0) is 44.0 Å². The van der Waals surface area contributed by atoms with E-state index in [4.69, 9.17) is 11.6 Å². The molecule has 0 aliphatic carbocycles. The molecule has 1 saturated heterocycles. The lowest BCUT2D eigenvalue weighted by Gasteiger charge is -2.37. The van der Waals surface area contributed by atoms with Crippen molar-refractivity contribution in [2.75, 3.05) is 13.1 Å². The van der Waals surface area contributed by atoms with Crippen LogP contribution in [-0.4, -0.2) is 29.1 Å². The fourth-order valence-corrected chi connectivity index (χ4v) is 4.54. The van der Waals surface area contributed by atoms with Crippen LogP contribution in [0.1, 0.15) is 34.9 Å². The summed E-state index contributed by atoms with van der Waals surface area (Å²) in [6, 6.07) is 12.5. The zero-order chi connectivity index (χ0) is 16.4. The Labute approximate surface area is 145 Å². The maximum Gasteiger partial charge on any atom is 0.307 e. The smallest absolute Gasteiger partial charge is 0.307 e. The van der Waals surface area contributed by atoms with Crippen molar-refractivity contribution in [1.29, 1.82) is 0 Å². The molecule has 3 nitrogen and oxygen atoms in total. The van der Waals surface area contributed by atoms with Gasteiger partial charge in [-0.15, -0.1) is 11.3 Å². The van der Waals surface area contributed by atoms with Gasteiger partial charge in [-0.25, -0.2) is 0 Å². The van der Waals surface area contributed by atoms with Gasteiger partial charge in [-0.3, -0.25) is 9.69 Å². The third-order valence-corrected chi connectivity index (χ3v) is 5.67. The highest BCUT2D eigenvalue weighted by Crippen LogP contribution is 2.37.